The fourth-order valence-corrected chi connectivity index (χ4v) is 3.66. The van der Waals surface area contributed by atoms with Gasteiger partial charge in [-0.05, 0) is 25.0 Å². The topological polar surface area (TPSA) is 46.2 Å². The highest BCUT2D eigenvalue weighted by Crippen LogP contribution is 2.20. The molecule has 1 N–H and O–H groups in total. The van der Waals surface area contributed by atoms with Gasteiger partial charge in [0.1, 0.15) is 4.21 Å². The lowest BCUT2D eigenvalue weighted by Crippen LogP contribution is -2.28. The molecular formula is C9H14BrNO2S2. The molecule has 0 saturated carbocycles. The van der Waals surface area contributed by atoms with E-state index in [0.29, 0.717) is 16.7 Å². The molecule has 1 atom stereocenters. The van der Waals surface area contributed by atoms with Crippen LogP contribution in [0.3, 0.4) is 0 Å². The zero-order valence-corrected chi connectivity index (χ0v) is 11.9. The molecule has 3 nitrogen and oxygen atoms in total. The monoisotopic (exact) mass is 311 g/mol. The Labute approximate surface area is 103 Å². The van der Waals surface area contributed by atoms with Gasteiger partial charge in [0.15, 0.2) is 0 Å². The van der Waals surface area contributed by atoms with Gasteiger partial charge in [0.25, 0.3) is 0 Å². The Morgan fingerprint density at radius 3 is 2.67 bits per heavy atom. The summed E-state index contributed by atoms with van der Waals surface area (Å²) in [6, 6.07) is 3.45. The van der Waals surface area contributed by atoms with Crippen molar-refractivity contribution in [2.45, 2.75) is 18.1 Å². The predicted molar refractivity (Wildman–Crippen MR) is 67.2 cm³/mol. The van der Waals surface area contributed by atoms with E-state index in [4.69, 9.17) is 0 Å². The maximum atomic E-state index is 11.7. The third-order valence-electron chi connectivity index (χ3n) is 1.87. The molecule has 1 heterocycles. The molecule has 0 aliphatic heterocycles. The van der Waals surface area contributed by atoms with E-state index in [1.165, 1.54) is 11.3 Å². The van der Waals surface area contributed by atoms with Crippen LogP contribution in [0.25, 0.3) is 0 Å². The smallest absolute Gasteiger partial charge is 0.210 e. The van der Waals surface area contributed by atoms with Gasteiger partial charge in [0.05, 0.1) is 0 Å². The first-order valence-corrected chi connectivity index (χ1v) is 8.00. The van der Waals surface area contributed by atoms with Crippen molar-refractivity contribution in [2.75, 3.05) is 11.9 Å². The molecule has 6 heteroatoms. The van der Waals surface area contributed by atoms with Gasteiger partial charge in [0.2, 0.25) is 10.0 Å². The molecule has 0 aromatic carbocycles. The summed E-state index contributed by atoms with van der Waals surface area (Å²) < 4.78 is 26.5. The van der Waals surface area contributed by atoms with Crippen LogP contribution in [0.4, 0.5) is 0 Å². The van der Waals surface area contributed by atoms with Gasteiger partial charge >= 0.3 is 0 Å². The highest BCUT2D eigenvalue weighted by atomic mass is 79.9. The van der Waals surface area contributed by atoms with Crippen LogP contribution < -0.4 is 4.72 Å². The van der Waals surface area contributed by atoms with E-state index in [1.807, 2.05) is 19.9 Å². The molecule has 0 bridgehead atoms. The number of alkyl halides is 1. The number of rotatable bonds is 5. The Bertz CT molecular complexity index is 414. The first kappa shape index (κ1) is 13.2. The second-order valence-electron chi connectivity index (χ2n) is 3.48. The molecule has 0 fully saturated rings. The quantitative estimate of drug-likeness (QED) is 0.849. The Kier molecular flexibility index (Phi) is 4.76. The first-order valence-electron chi connectivity index (χ1n) is 4.58. The Morgan fingerprint density at radius 2 is 2.20 bits per heavy atom. The largest absolute Gasteiger partial charge is 0.250 e. The van der Waals surface area contributed by atoms with Crippen LogP contribution in [-0.2, 0) is 10.0 Å². The number of hydrogen-bond acceptors (Lipinski definition) is 3. The van der Waals surface area contributed by atoms with Crippen molar-refractivity contribution in [2.24, 2.45) is 5.92 Å². The highest BCUT2D eigenvalue weighted by molar-refractivity contribution is 9.09. The van der Waals surface area contributed by atoms with Crippen LogP contribution in [0, 0.1) is 12.8 Å². The van der Waals surface area contributed by atoms with Gasteiger partial charge in [-0.15, -0.1) is 11.3 Å². The number of halogens is 1. The van der Waals surface area contributed by atoms with E-state index < -0.39 is 10.0 Å². The molecule has 0 saturated heterocycles. The molecule has 1 unspecified atom stereocenters. The third-order valence-corrected chi connectivity index (χ3v) is 5.89. The molecule has 0 aliphatic rings. The van der Waals surface area contributed by atoms with E-state index in [9.17, 15) is 8.42 Å². The average molecular weight is 312 g/mol. The van der Waals surface area contributed by atoms with Gasteiger partial charge < -0.3 is 0 Å². The van der Waals surface area contributed by atoms with Gasteiger partial charge in [-0.3, -0.25) is 0 Å². The second-order valence-corrected chi connectivity index (χ2v) is 7.41. The maximum absolute atomic E-state index is 11.7. The lowest BCUT2D eigenvalue weighted by atomic mass is 10.2. The van der Waals surface area contributed by atoms with E-state index in [1.54, 1.807) is 6.07 Å². The summed E-state index contributed by atoms with van der Waals surface area (Å²) in [6.45, 7) is 4.34. The zero-order valence-electron chi connectivity index (χ0n) is 8.66. The molecular weight excluding hydrogens is 298 g/mol. The van der Waals surface area contributed by atoms with E-state index in [0.717, 1.165) is 10.2 Å². The lowest BCUT2D eigenvalue weighted by Gasteiger charge is -2.08. The standard InChI is InChI=1S/C9H14BrNO2S2/c1-7(5-10)6-11-15(12,13)9-4-3-8(2)14-9/h3-4,7,11H,5-6H2,1-2H3. The lowest BCUT2D eigenvalue weighted by molar-refractivity contribution is 0.565. The molecule has 86 valence electrons. The number of nitrogens with one attached hydrogen (secondary N) is 1. The molecule has 0 aliphatic carbocycles. The molecule has 0 amide bonds. The summed E-state index contributed by atoms with van der Waals surface area (Å²) in [5.41, 5.74) is 0. The minimum Gasteiger partial charge on any atom is -0.210 e. The van der Waals surface area contributed by atoms with Crippen molar-refractivity contribution in [1.82, 2.24) is 4.72 Å². The summed E-state index contributed by atoms with van der Waals surface area (Å²) in [5.74, 6) is 0.292. The zero-order chi connectivity index (χ0) is 11.5. The van der Waals surface area contributed by atoms with Crippen molar-refractivity contribution in [3.05, 3.63) is 17.0 Å². The van der Waals surface area contributed by atoms with E-state index >= 15 is 0 Å². The fourth-order valence-electron chi connectivity index (χ4n) is 0.934. The number of thiophene rings is 1. The van der Waals surface area contributed by atoms with Gasteiger partial charge in [-0.25, -0.2) is 13.1 Å². The summed E-state index contributed by atoms with van der Waals surface area (Å²) in [5, 5.41) is 0.791. The van der Waals surface area contributed by atoms with E-state index in [-0.39, 0.29) is 0 Å². The molecule has 0 radical (unpaired) electrons. The molecule has 15 heavy (non-hydrogen) atoms. The highest BCUT2D eigenvalue weighted by Gasteiger charge is 2.16. The summed E-state index contributed by atoms with van der Waals surface area (Å²) >= 11 is 4.60. The van der Waals surface area contributed by atoms with Crippen molar-refractivity contribution in [3.8, 4) is 0 Å². The van der Waals surface area contributed by atoms with Crippen LogP contribution in [-0.4, -0.2) is 20.3 Å². The minimum atomic E-state index is -3.30. The second kappa shape index (κ2) is 5.43. The Morgan fingerprint density at radius 1 is 1.53 bits per heavy atom. The average Bonchev–Trinajstić information content (AvgIpc) is 2.62. The van der Waals surface area contributed by atoms with Crippen molar-refractivity contribution >= 4 is 37.3 Å². The molecule has 1 aromatic heterocycles. The van der Waals surface area contributed by atoms with Gasteiger partial charge in [-0.2, -0.15) is 0 Å². The maximum Gasteiger partial charge on any atom is 0.250 e. The SMILES string of the molecule is Cc1ccc(S(=O)(=O)NCC(C)CBr)s1. The number of hydrogen-bond donors (Lipinski definition) is 1. The predicted octanol–water partition coefficient (Wildman–Crippen LogP) is 2.37. The molecule has 1 rings (SSSR count). The van der Waals surface area contributed by atoms with Crippen LogP contribution in [0.1, 0.15) is 11.8 Å². The van der Waals surface area contributed by atoms with Crippen molar-refractivity contribution in [1.29, 1.82) is 0 Å². The van der Waals surface area contributed by atoms with Crippen LogP contribution in [0.2, 0.25) is 0 Å². The van der Waals surface area contributed by atoms with Crippen LogP contribution in [0.15, 0.2) is 16.3 Å². The first-order chi connectivity index (χ1) is 6.95. The molecule has 1 aromatic rings. The van der Waals surface area contributed by atoms with Crippen molar-refractivity contribution in [3.63, 3.8) is 0 Å². The van der Waals surface area contributed by atoms with Gasteiger partial charge in [-0.1, -0.05) is 22.9 Å². The van der Waals surface area contributed by atoms with Gasteiger partial charge in [0, 0.05) is 16.8 Å². The third kappa shape index (κ3) is 3.86. The van der Waals surface area contributed by atoms with Crippen molar-refractivity contribution < 1.29 is 8.42 Å². The number of sulfonamides is 1. The Hall–Kier alpha value is 0.0900. The summed E-state index contributed by atoms with van der Waals surface area (Å²) in [6.07, 6.45) is 0. The molecule has 0 spiro atoms. The van der Waals surface area contributed by atoms with Crippen LogP contribution >= 0.6 is 27.3 Å². The fraction of sp³-hybridized carbons (Fsp3) is 0.556. The summed E-state index contributed by atoms with van der Waals surface area (Å²) in [7, 11) is -3.30. The minimum absolute atomic E-state index is 0.292. The normalized spacial score (nSPS) is 14.1. The van der Waals surface area contributed by atoms with E-state index in [2.05, 4.69) is 20.7 Å². The summed E-state index contributed by atoms with van der Waals surface area (Å²) in [4.78, 5) is 1.00. The van der Waals surface area contributed by atoms with Crippen LogP contribution in [0.5, 0.6) is 0 Å². The number of aryl methyl sites for hydroxylation is 1. The Balaban J connectivity index is 2.68.